The predicted molar refractivity (Wildman–Crippen MR) is 84.8 cm³/mol. The standard InChI is InChI=1S/C16H19NO3S/c1-3-20-16(18)14-11-12-17(21(2)19)15(14)10-9-13-7-5-4-6-8-13/h4-11,15H,3,12H2,1-2H3/b10-9+/t15-,21?/m0/s1. The topological polar surface area (TPSA) is 52.6 Å². The van der Waals surface area contributed by atoms with Gasteiger partial charge >= 0.3 is 5.97 Å². The average Bonchev–Trinajstić information content (AvgIpc) is 2.90. The van der Waals surface area contributed by atoms with E-state index in [1.165, 1.54) is 0 Å². The first-order valence-electron chi connectivity index (χ1n) is 6.84. The highest BCUT2D eigenvalue weighted by Gasteiger charge is 2.36. The van der Waals surface area contributed by atoms with Gasteiger partial charge in [0.05, 0.1) is 18.7 Å². The van der Waals surface area contributed by atoms with Crippen LogP contribution < -0.4 is 0 Å². The van der Waals surface area contributed by atoms with Gasteiger partial charge in [0.2, 0.25) is 0 Å². The van der Waals surface area contributed by atoms with Gasteiger partial charge in [-0.1, -0.05) is 48.6 Å². The number of ether oxygens (including phenoxy) is 1. The van der Waals surface area contributed by atoms with E-state index in [9.17, 15) is 9.35 Å². The van der Waals surface area contributed by atoms with Crippen molar-refractivity contribution in [2.24, 2.45) is 0 Å². The maximum absolute atomic E-state index is 12.0. The smallest absolute Gasteiger partial charge is 0.335 e. The Morgan fingerprint density at radius 1 is 1.48 bits per heavy atom. The fraction of sp³-hybridized carbons (Fsp3) is 0.312. The molecule has 1 aliphatic rings. The van der Waals surface area contributed by atoms with Crippen LogP contribution in [0.2, 0.25) is 0 Å². The Balaban J connectivity index is 2.19. The molecule has 0 aliphatic carbocycles. The second-order valence-electron chi connectivity index (χ2n) is 4.62. The number of benzene rings is 1. The van der Waals surface area contributed by atoms with Crippen molar-refractivity contribution in [3.05, 3.63) is 53.6 Å². The van der Waals surface area contributed by atoms with Crippen molar-refractivity contribution in [1.82, 2.24) is 4.31 Å². The maximum atomic E-state index is 12.0. The molecule has 112 valence electrons. The molecule has 0 bridgehead atoms. The summed E-state index contributed by atoms with van der Waals surface area (Å²) in [4.78, 5) is 12.0. The van der Waals surface area contributed by atoms with Crippen LogP contribution in [0.3, 0.4) is 0 Å². The number of carbonyl (C=O) groups excluding carboxylic acids is 1. The lowest BCUT2D eigenvalue weighted by Crippen LogP contribution is -2.37. The summed E-state index contributed by atoms with van der Waals surface area (Å²) in [5.41, 5.74) is 1.59. The molecule has 2 rings (SSSR count). The number of hydrogen-bond acceptors (Lipinski definition) is 4. The van der Waals surface area contributed by atoms with Gasteiger partial charge in [-0.2, -0.15) is 0 Å². The van der Waals surface area contributed by atoms with E-state index in [1.807, 2.05) is 42.5 Å². The van der Waals surface area contributed by atoms with Crippen LogP contribution in [0.25, 0.3) is 6.08 Å². The number of rotatable bonds is 5. The van der Waals surface area contributed by atoms with Crippen LogP contribution in [-0.2, 0) is 20.9 Å². The van der Waals surface area contributed by atoms with Crippen molar-refractivity contribution >= 4 is 23.4 Å². The lowest BCUT2D eigenvalue weighted by Gasteiger charge is -2.23. The van der Waals surface area contributed by atoms with Crippen molar-refractivity contribution in [3.8, 4) is 0 Å². The molecule has 1 aromatic rings. The Morgan fingerprint density at radius 3 is 2.81 bits per heavy atom. The molecular weight excluding hydrogens is 286 g/mol. The number of esters is 1. The van der Waals surface area contributed by atoms with Gasteiger partial charge in [0, 0.05) is 11.4 Å². The summed E-state index contributed by atoms with van der Waals surface area (Å²) in [6.07, 6.45) is 7.24. The zero-order valence-corrected chi connectivity index (χ0v) is 13.0. The molecule has 0 fully saturated rings. The maximum Gasteiger partial charge on any atom is 0.335 e. The molecule has 1 aromatic carbocycles. The minimum atomic E-state index is -1.15. The molecule has 0 aromatic heterocycles. The van der Waals surface area contributed by atoms with Crippen molar-refractivity contribution < 1.29 is 14.1 Å². The summed E-state index contributed by atoms with van der Waals surface area (Å²) >= 11 is -1.15. The zero-order chi connectivity index (χ0) is 15.2. The quantitative estimate of drug-likeness (QED) is 0.618. The Kier molecular flexibility index (Phi) is 5.61. The van der Waals surface area contributed by atoms with Gasteiger partial charge in [-0.15, -0.1) is 4.31 Å². The summed E-state index contributed by atoms with van der Waals surface area (Å²) < 4.78 is 18.6. The van der Waals surface area contributed by atoms with Gasteiger partial charge in [0.1, 0.15) is 12.3 Å². The van der Waals surface area contributed by atoms with Gasteiger partial charge in [-0.05, 0) is 12.5 Å². The van der Waals surface area contributed by atoms with Crippen LogP contribution in [0.1, 0.15) is 12.5 Å². The summed E-state index contributed by atoms with van der Waals surface area (Å²) in [6, 6.07) is 9.50. The predicted octanol–water partition coefficient (Wildman–Crippen LogP) is 2.17. The molecule has 2 atom stereocenters. The molecule has 0 amide bonds. The van der Waals surface area contributed by atoms with E-state index in [2.05, 4.69) is 0 Å². The zero-order valence-electron chi connectivity index (χ0n) is 12.2. The lowest BCUT2D eigenvalue weighted by molar-refractivity contribution is -0.138. The van der Waals surface area contributed by atoms with Gasteiger partial charge in [0.15, 0.2) is 0 Å². The Bertz CT molecular complexity index is 540. The molecule has 4 nitrogen and oxygen atoms in total. The van der Waals surface area contributed by atoms with Gasteiger partial charge in [0.25, 0.3) is 0 Å². The Morgan fingerprint density at radius 2 is 2.19 bits per heavy atom. The molecule has 0 N–H and O–H groups in total. The highest BCUT2D eigenvalue weighted by atomic mass is 32.2. The fourth-order valence-corrected chi connectivity index (χ4v) is 3.02. The molecule has 0 saturated carbocycles. The van der Waals surface area contributed by atoms with E-state index in [1.54, 1.807) is 23.6 Å². The molecule has 21 heavy (non-hydrogen) atoms. The van der Waals surface area contributed by atoms with E-state index < -0.39 is 11.4 Å². The van der Waals surface area contributed by atoms with Crippen molar-refractivity contribution in [3.63, 3.8) is 0 Å². The average molecular weight is 305 g/mol. The summed E-state index contributed by atoms with van der Waals surface area (Å²) in [7, 11) is 0. The van der Waals surface area contributed by atoms with E-state index in [0.717, 1.165) is 5.56 Å². The van der Waals surface area contributed by atoms with Crippen molar-refractivity contribution in [2.75, 3.05) is 19.4 Å². The highest BCUT2D eigenvalue weighted by molar-refractivity contribution is 7.88. The SMILES string of the molecule is CCOC(=O)C1=CCN([S+](C)[O-])[C@H]1/C=C/c1ccccc1. The number of nitrogens with zero attached hydrogens (tertiary/aromatic N) is 1. The fourth-order valence-electron chi connectivity index (χ4n) is 2.23. The summed E-state index contributed by atoms with van der Waals surface area (Å²) in [6.45, 7) is 2.60. The third-order valence-electron chi connectivity index (χ3n) is 3.23. The van der Waals surface area contributed by atoms with Crippen LogP contribution in [-0.4, -0.2) is 40.3 Å². The van der Waals surface area contributed by atoms with Crippen LogP contribution in [0.5, 0.6) is 0 Å². The van der Waals surface area contributed by atoms with Crippen LogP contribution in [0, 0.1) is 0 Å². The minimum Gasteiger partial charge on any atom is -0.598 e. The monoisotopic (exact) mass is 305 g/mol. The normalized spacial score (nSPS) is 20.5. The van der Waals surface area contributed by atoms with E-state index in [4.69, 9.17) is 4.74 Å². The highest BCUT2D eigenvalue weighted by Crippen LogP contribution is 2.24. The van der Waals surface area contributed by atoms with Gasteiger partial charge < -0.3 is 9.29 Å². The summed E-state index contributed by atoms with van der Waals surface area (Å²) in [5.74, 6) is -0.340. The van der Waals surface area contributed by atoms with Crippen molar-refractivity contribution in [1.29, 1.82) is 0 Å². The lowest BCUT2D eigenvalue weighted by atomic mass is 10.1. The first-order valence-corrected chi connectivity index (χ1v) is 8.35. The number of carbonyl (C=O) groups is 1. The third kappa shape index (κ3) is 3.97. The van der Waals surface area contributed by atoms with E-state index in [-0.39, 0.29) is 12.0 Å². The molecule has 1 aliphatic heterocycles. The van der Waals surface area contributed by atoms with E-state index in [0.29, 0.717) is 18.7 Å². The molecule has 0 radical (unpaired) electrons. The molecule has 1 unspecified atom stereocenters. The molecule has 1 heterocycles. The summed E-state index contributed by atoms with van der Waals surface area (Å²) in [5, 5.41) is 0. The van der Waals surface area contributed by atoms with Crippen molar-refractivity contribution in [2.45, 2.75) is 13.0 Å². The molecular formula is C16H19NO3S. The Hall–Kier alpha value is -1.56. The van der Waals surface area contributed by atoms with Crippen LogP contribution in [0.15, 0.2) is 48.1 Å². The van der Waals surface area contributed by atoms with E-state index >= 15 is 0 Å². The first-order chi connectivity index (χ1) is 10.1. The van der Waals surface area contributed by atoms with Gasteiger partial charge in [-0.25, -0.2) is 4.79 Å². The first kappa shape index (κ1) is 15.8. The Labute approximate surface area is 128 Å². The molecule has 5 heteroatoms. The second kappa shape index (κ2) is 7.45. The molecule has 0 saturated heterocycles. The molecule has 0 spiro atoms. The van der Waals surface area contributed by atoms with Crippen LogP contribution >= 0.6 is 0 Å². The number of hydrogen-bond donors (Lipinski definition) is 0. The van der Waals surface area contributed by atoms with Crippen LogP contribution in [0.4, 0.5) is 0 Å². The third-order valence-corrected chi connectivity index (χ3v) is 4.27. The largest absolute Gasteiger partial charge is 0.598 e. The second-order valence-corrected chi connectivity index (χ2v) is 5.93. The minimum absolute atomic E-state index is 0.310. The van der Waals surface area contributed by atoms with Gasteiger partial charge in [-0.3, -0.25) is 0 Å².